The number of aryl methyl sites for hydroxylation is 2. The number of nitrogens with two attached hydrogens (primary N) is 1. The molecule has 1 atom stereocenters. The number of nitrogens with zero attached hydrogens (tertiary/aromatic N) is 1. The van der Waals surface area contributed by atoms with E-state index in [1.807, 2.05) is 0 Å². The first-order chi connectivity index (χ1) is 13.1. The molecule has 2 rings (SSSR count). The Morgan fingerprint density at radius 2 is 1.61 bits per heavy atom. The number of halogens is 2. The molecule has 0 aromatic heterocycles. The maximum atomic E-state index is 12.2. The maximum Gasteiger partial charge on any atom is 0.251 e. The highest BCUT2D eigenvalue weighted by Gasteiger charge is 2.11. The molecule has 0 bridgehead atoms. The average Bonchev–Trinajstić information content (AvgIpc) is 2.58. The van der Waals surface area contributed by atoms with Crippen LogP contribution in [-0.4, -0.2) is 29.6 Å². The number of hydrogen-bond donors (Lipinski definition) is 3. The van der Waals surface area contributed by atoms with Crippen LogP contribution in [0.4, 0.5) is 8.78 Å². The number of primary amides is 1. The SMILES string of the molecule is Cc1cc(C(N)=O)cc(C(=O)NCC(O)CC#N)c1.Cc1cc(F)cc(F)c1. The summed E-state index contributed by atoms with van der Waals surface area (Å²) in [6.07, 6.45) is -0.963. The van der Waals surface area contributed by atoms with Gasteiger partial charge in [0.15, 0.2) is 0 Å². The lowest BCUT2D eigenvalue weighted by molar-refractivity contribution is 0.0918. The Labute approximate surface area is 161 Å². The summed E-state index contributed by atoms with van der Waals surface area (Å²) in [5, 5.41) is 20.2. The van der Waals surface area contributed by atoms with Crippen molar-refractivity contribution >= 4 is 11.8 Å². The van der Waals surface area contributed by atoms with Crippen molar-refractivity contribution in [3.8, 4) is 6.07 Å². The van der Waals surface area contributed by atoms with Crippen LogP contribution in [0.3, 0.4) is 0 Å². The van der Waals surface area contributed by atoms with E-state index >= 15 is 0 Å². The smallest absolute Gasteiger partial charge is 0.251 e. The van der Waals surface area contributed by atoms with Crippen molar-refractivity contribution < 1.29 is 23.5 Å². The molecule has 0 aliphatic heterocycles. The van der Waals surface area contributed by atoms with Crippen molar-refractivity contribution in [1.82, 2.24) is 5.32 Å². The number of nitriles is 1. The topological polar surface area (TPSA) is 116 Å². The van der Waals surface area contributed by atoms with E-state index in [0.717, 1.165) is 11.6 Å². The van der Waals surface area contributed by atoms with Gasteiger partial charge in [0, 0.05) is 23.7 Å². The highest BCUT2D eigenvalue weighted by atomic mass is 19.1. The Morgan fingerprint density at radius 1 is 1.07 bits per heavy atom. The summed E-state index contributed by atoms with van der Waals surface area (Å²) in [6, 6.07) is 9.80. The fraction of sp³-hybridized carbons (Fsp3) is 0.250. The summed E-state index contributed by atoms with van der Waals surface area (Å²) in [7, 11) is 0. The Hall–Kier alpha value is -3.31. The highest BCUT2D eigenvalue weighted by Crippen LogP contribution is 2.09. The van der Waals surface area contributed by atoms with Gasteiger partial charge < -0.3 is 16.2 Å². The van der Waals surface area contributed by atoms with Gasteiger partial charge in [0.25, 0.3) is 5.91 Å². The minimum atomic E-state index is -0.908. The monoisotopic (exact) mass is 389 g/mol. The van der Waals surface area contributed by atoms with Crippen LogP contribution in [0.15, 0.2) is 36.4 Å². The lowest BCUT2D eigenvalue weighted by Crippen LogP contribution is -2.32. The number of benzene rings is 2. The van der Waals surface area contributed by atoms with Crippen molar-refractivity contribution in [3.05, 3.63) is 70.3 Å². The molecule has 0 aliphatic rings. The Bertz CT molecular complexity index is 844. The number of carbonyl (C=O) groups excluding carboxylic acids is 2. The van der Waals surface area contributed by atoms with Crippen molar-refractivity contribution in [2.45, 2.75) is 26.4 Å². The molecule has 0 saturated heterocycles. The van der Waals surface area contributed by atoms with Crippen LogP contribution in [0, 0.1) is 36.8 Å². The van der Waals surface area contributed by atoms with Crippen LogP contribution in [0.5, 0.6) is 0 Å². The summed E-state index contributed by atoms with van der Waals surface area (Å²) in [6.45, 7) is 3.37. The van der Waals surface area contributed by atoms with Gasteiger partial charge in [-0.25, -0.2) is 8.78 Å². The lowest BCUT2D eigenvalue weighted by atomic mass is 10.1. The second-order valence-corrected chi connectivity index (χ2v) is 6.12. The fourth-order valence-electron chi connectivity index (χ4n) is 2.24. The summed E-state index contributed by atoms with van der Waals surface area (Å²) < 4.78 is 24.4. The van der Waals surface area contributed by atoms with Gasteiger partial charge in [-0.15, -0.1) is 0 Å². The number of amides is 2. The lowest BCUT2D eigenvalue weighted by Gasteiger charge is -2.09. The van der Waals surface area contributed by atoms with Crippen molar-refractivity contribution in [3.63, 3.8) is 0 Å². The van der Waals surface area contributed by atoms with Crippen molar-refractivity contribution in [2.75, 3.05) is 6.54 Å². The zero-order chi connectivity index (χ0) is 21.3. The molecule has 0 heterocycles. The molecule has 0 aliphatic carbocycles. The van der Waals surface area contributed by atoms with E-state index in [1.165, 1.54) is 18.2 Å². The number of aliphatic hydroxyl groups excluding tert-OH is 1. The average molecular weight is 389 g/mol. The van der Waals surface area contributed by atoms with E-state index in [4.69, 9.17) is 11.0 Å². The number of nitrogens with one attached hydrogen (secondary N) is 1. The Kier molecular flexibility index (Phi) is 8.72. The van der Waals surface area contributed by atoms with Gasteiger partial charge in [-0.3, -0.25) is 9.59 Å². The highest BCUT2D eigenvalue weighted by molar-refractivity contribution is 5.99. The molecule has 2 aromatic rings. The third kappa shape index (κ3) is 7.93. The Balaban J connectivity index is 0.000000362. The second kappa shape index (κ2) is 10.7. The van der Waals surface area contributed by atoms with Gasteiger partial charge in [0.05, 0.1) is 18.6 Å². The molecule has 0 saturated carbocycles. The third-order valence-electron chi connectivity index (χ3n) is 3.46. The molecule has 8 heteroatoms. The van der Waals surface area contributed by atoms with Gasteiger partial charge in [0.2, 0.25) is 5.91 Å². The molecule has 1 unspecified atom stereocenters. The minimum Gasteiger partial charge on any atom is -0.390 e. The summed E-state index contributed by atoms with van der Waals surface area (Å²) >= 11 is 0. The van der Waals surface area contributed by atoms with Crippen LogP contribution in [0.2, 0.25) is 0 Å². The molecule has 2 amide bonds. The molecule has 0 radical (unpaired) electrons. The summed E-state index contributed by atoms with van der Waals surface area (Å²) in [5.41, 5.74) is 7.05. The number of aliphatic hydroxyl groups is 1. The summed E-state index contributed by atoms with van der Waals surface area (Å²) in [4.78, 5) is 22.9. The predicted octanol–water partition coefficient (Wildman–Crippen LogP) is 2.37. The van der Waals surface area contributed by atoms with Crippen LogP contribution < -0.4 is 11.1 Å². The van der Waals surface area contributed by atoms with Crippen LogP contribution in [0.1, 0.15) is 38.3 Å². The van der Waals surface area contributed by atoms with E-state index < -0.39 is 29.6 Å². The first kappa shape index (κ1) is 22.7. The number of carbonyl (C=O) groups is 2. The maximum absolute atomic E-state index is 12.2. The first-order valence-corrected chi connectivity index (χ1v) is 8.29. The molecule has 0 spiro atoms. The standard InChI is InChI=1S/C13H15N3O3.C7H6F2/c1-8-4-9(12(15)18)6-10(5-8)13(19)16-7-11(17)2-3-14;1-5-2-6(8)4-7(9)3-5/h4-6,11,17H,2,7H2,1H3,(H2,15,18)(H,16,19);2-4H,1H3. The Morgan fingerprint density at radius 3 is 2.11 bits per heavy atom. The zero-order valence-electron chi connectivity index (χ0n) is 15.5. The molecule has 6 nitrogen and oxygen atoms in total. The largest absolute Gasteiger partial charge is 0.390 e. The van der Waals surface area contributed by atoms with Crippen molar-refractivity contribution in [1.29, 1.82) is 5.26 Å². The van der Waals surface area contributed by atoms with Crippen LogP contribution in [-0.2, 0) is 0 Å². The van der Waals surface area contributed by atoms with E-state index in [0.29, 0.717) is 5.56 Å². The normalized spacial score (nSPS) is 10.9. The van der Waals surface area contributed by atoms with E-state index in [9.17, 15) is 23.5 Å². The quantitative estimate of drug-likeness (QED) is 0.728. The minimum absolute atomic E-state index is 0.0216. The van der Waals surface area contributed by atoms with Gasteiger partial charge in [-0.2, -0.15) is 5.26 Å². The van der Waals surface area contributed by atoms with E-state index in [2.05, 4.69) is 5.32 Å². The molecule has 0 fully saturated rings. The van der Waals surface area contributed by atoms with Gasteiger partial charge in [-0.05, 0) is 55.3 Å². The molecule has 28 heavy (non-hydrogen) atoms. The molecule has 4 N–H and O–H groups in total. The molecular weight excluding hydrogens is 368 g/mol. The first-order valence-electron chi connectivity index (χ1n) is 8.29. The molecule has 148 valence electrons. The third-order valence-corrected chi connectivity index (χ3v) is 3.46. The predicted molar refractivity (Wildman–Crippen MR) is 99.4 cm³/mol. The van der Waals surface area contributed by atoms with Crippen molar-refractivity contribution in [2.24, 2.45) is 5.73 Å². The molecular formula is C20H21F2N3O3. The van der Waals surface area contributed by atoms with E-state index in [1.54, 1.807) is 32.0 Å². The second-order valence-electron chi connectivity index (χ2n) is 6.12. The van der Waals surface area contributed by atoms with Gasteiger partial charge in [0.1, 0.15) is 11.6 Å². The molecule has 2 aromatic carbocycles. The van der Waals surface area contributed by atoms with Crippen LogP contribution in [0.25, 0.3) is 0 Å². The fourth-order valence-corrected chi connectivity index (χ4v) is 2.24. The summed E-state index contributed by atoms with van der Waals surface area (Å²) in [5.74, 6) is -2.08. The van der Waals surface area contributed by atoms with Gasteiger partial charge in [-0.1, -0.05) is 0 Å². The number of hydrogen-bond acceptors (Lipinski definition) is 4. The van der Waals surface area contributed by atoms with Gasteiger partial charge >= 0.3 is 0 Å². The number of rotatable bonds is 5. The van der Waals surface area contributed by atoms with E-state index in [-0.39, 0.29) is 24.1 Å². The zero-order valence-corrected chi connectivity index (χ0v) is 15.5. The van der Waals surface area contributed by atoms with Crippen LogP contribution >= 0.6 is 0 Å².